The quantitative estimate of drug-likeness (QED) is 0.348. The highest BCUT2D eigenvalue weighted by Gasteiger charge is 2.31. The van der Waals surface area contributed by atoms with Crippen LogP contribution in [-0.2, 0) is 23.1 Å². The van der Waals surface area contributed by atoms with Crippen LogP contribution in [0.4, 0.5) is 13.2 Å². The average Bonchev–Trinajstić information content (AvgIpc) is 3.09. The van der Waals surface area contributed by atoms with Crippen LogP contribution in [0.3, 0.4) is 0 Å². The molecule has 0 atom stereocenters. The molecule has 33 heavy (non-hydrogen) atoms. The van der Waals surface area contributed by atoms with Gasteiger partial charge in [0.25, 0.3) is 0 Å². The van der Waals surface area contributed by atoms with Crippen molar-refractivity contribution in [3.8, 4) is 33.9 Å². The second kappa shape index (κ2) is 8.14. The van der Waals surface area contributed by atoms with E-state index in [1.165, 1.54) is 31.3 Å². The highest BCUT2D eigenvalue weighted by Crippen LogP contribution is 2.41. The molecule has 0 aliphatic carbocycles. The van der Waals surface area contributed by atoms with Crippen LogP contribution in [-0.4, -0.2) is 28.7 Å². The Morgan fingerprint density at radius 3 is 2.48 bits per heavy atom. The summed E-state index contributed by atoms with van der Waals surface area (Å²) in [4.78, 5) is 8.72. The maximum Gasteiger partial charge on any atom is 0.416 e. The lowest BCUT2D eigenvalue weighted by molar-refractivity contribution is -0.137. The molecule has 2 aromatic rings. The molecule has 0 radical (unpaired) electrons. The van der Waals surface area contributed by atoms with Gasteiger partial charge in [-0.15, -0.1) is 0 Å². The molecular weight excluding hydrogens is 475 g/mol. The molecule has 2 aliphatic heterocycles. The van der Waals surface area contributed by atoms with Crippen LogP contribution >= 0.6 is 11.6 Å². The number of aryl methyl sites for hydroxylation is 2. The first kappa shape index (κ1) is 23.3. The molecule has 172 valence electrons. The second-order valence-corrected chi connectivity index (χ2v) is 10.3. The highest BCUT2D eigenvalue weighted by molar-refractivity contribution is 7.91. The van der Waals surface area contributed by atoms with Gasteiger partial charge in [-0.2, -0.15) is 13.2 Å². The number of benzene rings is 1. The zero-order chi connectivity index (χ0) is 24.1. The van der Waals surface area contributed by atoms with E-state index in [9.17, 15) is 21.6 Å². The minimum Gasteiger partial charge on any atom is -0.348 e. The van der Waals surface area contributed by atoms with E-state index in [2.05, 4.69) is 9.97 Å². The number of rotatable bonds is 4. The molecule has 1 aromatic heterocycles. The normalized spacial score (nSPS) is 12.5. The Hall–Kier alpha value is -2.91. The number of halogens is 4. The van der Waals surface area contributed by atoms with Gasteiger partial charge in [-0.3, -0.25) is 4.98 Å². The standard InChI is InChI=1S/C23H19ClF3N3O2S/c1-4-33(31,32)18-10-15(14-6-5-7-16(9-14)23(25,26)27)11-28-20(18)21-19(24)22-17(29-21)8-13(2)12-30(22)3/h5-12H,4H2,1-3H3. The highest BCUT2D eigenvalue weighted by atomic mass is 35.5. The van der Waals surface area contributed by atoms with E-state index in [-0.39, 0.29) is 38.2 Å². The first-order valence-corrected chi connectivity index (χ1v) is 12.0. The van der Waals surface area contributed by atoms with E-state index in [1.807, 2.05) is 19.2 Å². The molecule has 0 saturated carbocycles. The fourth-order valence-corrected chi connectivity index (χ4v) is 5.13. The Kier molecular flexibility index (Phi) is 5.74. The van der Waals surface area contributed by atoms with Crippen LogP contribution < -0.4 is 0 Å². The third-order valence-corrected chi connectivity index (χ3v) is 7.42. The third-order valence-electron chi connectivity index (χ3n) is 5.32. The van der Waals surface area contributed by atoms with Crippen molar-refractivity contribution in [3.63, 3.8) is 0 Å². The number of sulfone groups is 1. The Morgan fingerprint density at radius 2 is 1.82 bits per heavy atom. The molecule has 0 bridgehead atoms. The molecule has 3 heterocycles. The zero-order valence-electron chi connectivity index (χ0n) is 17.9. The molecule has 2 aliphatic rings. The van der Waals surface area contributed by atoms with Crippen molar-refractivity contribution in [1.29, 1.82) is 0 Å². The molecule has 1 aromatic carbocycles. The van der Waals surface area contributed by atoms with Crippen molar-refractivity contribution >= 4 is 21.4 Å². The van der Waals surface area contributed by atoms with Crippen molar-refractivity contribution in [1.82, 2.24) is 14.5 Å². The number of pyridine rings is 2. The monoisotopic (exact) mass is 493 g/mol. The number of nitrogens with zero attached hydrogens (tertiary/aromatic N) is 3. The molecule has 0 spiro atoms. The van der Waals surface area contributed by atoms with Crippen LogP contribution in [0, 0.1) is 6.92 Å². The summed E-state index contributed by atoms with van der Waals surface area (Å²) in [6, 6.07) is 7.82. The summed E-state index contributed by atoms with van der Waals surface area (Å²) < 4.78 is 67.2. The van der Waals surface area contributed by atoms with Gasteiger partial charge in [0.15, 0.2) is 9.84 Å². The smallest absolute Gasteiger partial charge is 0.348 e. The molecule has 0 unspecified atom stereocenters. The van der Waals surface area contributed by atoms with Crippen molar-refractivity contribution in [3.05, 3.63) is 64.9 Å². The lowest BCUT2D eigenvalue weighted by atomic mass is 10.0. The molecule has 5 nitrogen and oxygen atoms in total. The summed E-state index contributed by atoms with van der Waals surface area (Å²) in [6.45, 7) is 3.38. The van der Waals surface area contributed by atoms with E-state index in [0.29, 0.717) is 11.4 Å². The van der Waals surface area contributed by atoms with Crippen molar-refractivity contribution in [2.45, 2.75) is 24.9 Å². The number of aromatic nitrogens is 3. The molecule has 10 heteroatoms. The predicted molar refractivity (Wildman–Crippen MR) is 121 cm³/mol. The van der Waals surface area contributed by atoms with Gasteiger partial charge in [0.05, 0.1) is 32.6 Å². The van der Waals surface area contributed by atoms with Crippen LogP contribution in [0.15, 0.2) is 53.7 Å². The van der Waals surface area contributed by atoms with E-state index in [1.54, 1.807) is 11.6 Å². The summed E-state index contributed by atoms with van der Waals surface area (Å²) in [5.41, 5.74) is 2.03. The van der Waals surface area contributed by atoms with Gasteiger partial charge in [0.2, 0.25) is 0 Å². The minimum atomic E-state index is -4.53. The lowest BCUT2D eigenvalue weighted by Crippen LogP contribution is -2.08. The van der Waals surface area contributed by atoms with Gasteiger partial charge in [0, 0.05) is 25.0 Å². The van der Waals surface area contributed by atoms with Gasteiger partial charge in [0.1, 0.15) is 11.4 Å². The Morgan fingerprint density at radius 1 is 1.09 bits per heavy atom. The summed E-state index contributed by atoms with van der Waals surface area (Å²) in [5.74, 6) is -0.224. The van der Waals surface area contributed by atoms with Crippen molar-refractivity contribution in [2.75, 3.05) is 5.75 Å². The van der Waals surface area contributed by atoms with Gasteiger partial charge < -0.3 is 4.57 Å². The lowest BCUT2D eigenvalue weighted by Gasteiger charge is -2.12. The van der Waals surface area contributed by atoms with Crippen molar-refractivity contribution in [2.24, 2.45) is 7.05 Å². The fraction of sp³-hybridized carbons (Fsp3) is 0.217. The summed E-state index contributed by atoms with van der Waals surface area (Å²) in [6.07, 6.45) is -1.32. The minimum absolute atomic E-state index is 0.0615. The zero-order valence-corrected chi connectivity index (χ0v) is 19.5. The van der Waals surface area contributed by atoms with E-state index in [0.717, 1.165) is 17.7 Å². The SMILES string of the molecule is CCS(=O)(=O)c1cc(-c2cccc(C(F)(F)F)c2)cnc1-c1nc2cc(C)cn(C)c-2c1Cl. The molecule has 0 N–H and O–H groups in total. The number of alkyl halides is 3. The molecular formula is C23H19ClF3N3O2S. The number of hydrogen-bond donors (Lipinski definition) is 0. The summed E-state index contributed by atoms with van der Waals surface area (Å²) in [7, 11) is -2.00. The van der Waals surface area contributed by atoms with Crippen LogP contribution in [0.5, 0.6) is 0 Å². The van der Waals surface area contributed by atoms with Gasteiger partial charge in [-0.25, -0.2) is 13.4 Å². The largest absolute Gasteiger partial charge is 0.416 e. The first-order valence-electron chi connectivity index (χ1n) is 9.95. The van der Waals surface area contributed by atoms with Crippen LogP contribution in [0.25, 0.3) is 33.9 Å². The Labute approximate surface area is 194 Å². The van der Waals surface area contributed by atoms with E-state index >= 15 is 0 Å². The van der Waals surface area contributed by atoms with E-state index in [4.69, 9.17) is 11.6 Å². The summed E-state index contributed by atoms with van der Waals surface area (Å²) >= 11 is 6.60. The maximum atomic E-state index is 13.2. The maximum absolute atomic E-state index is 13.2. The molecule has 0 saturated heterocycles. The topological polar surface area (TPSA) is 64.8 Å². The average molecular weight is 494 g/mol. The molecule has 4 rings (SSSR count). The molecule has 0 fully saturated rings. The van der Waals surface area contributed by atoms with Gasteiger partial charge in [-0.05, 0) is 42.3 Å². The van der Waals surface area contributed by atoms with E-state index < -0.39 is 21.6 Å². The van der Waals surface area contributed by atoms with Crippen LogP contribution in [0.1, 0.15) is 18.1 Å². The molecule has 0 amide bonds. The Balaban J connectivity index is 1.96. The number of hydrogen-bond acceptors (Lipinski definition) is 4. The van der Waals surface area contributed by atoms with Gasteiger partial charge in [-0.1, -0.05) is 30.7 Å². The predicted octanol–water partition coefficient (Wildman–Crippen LogP) is 6.03. The first-order chi connectivity index (χ1) is 15.4. The van der Waals surface area contributed by atoms with Gasteiger partial charge >= 0.3 is 6.18 Å². The second-order valence-electron chi connectivity index (χ2n) is 7.69. The third kappa shape index (κ3) is 4.22. The fourth-order valence-electron chi connectivity index (χ4n) is 3.71. The summed E-state index contributed by atoms with van der Waals surface area (Å²) in [5, 5.41) is 0.249. The number of fused-ring (bicyclic) bond motifs is 1. The van der Waals surface area contributed by atoms with Crippen molar-refractivity contribution < 1.29 is 21.6 Å². The van der Waals surface area contributed by atoms with Crippen LogP contribution in [0.2, 0.25) is 5.02 Å². The Bertz CT molecular complexity index is 1450.